The van der Waals surface area contributed by atoms with Crippen LogP contribution in [0.5, 0.6) is 5.75 Å². The molecule has 0 bridgehead atoms. The molecule has 4 nitrogen and oxygen atoms in total. The molecule has 0 radical (unpaired) electrons. The quantitative estimate of drug-likeness (QED) is 0.943. The molecule has 0 amide bonds. The molecule has 1 aromatic heterocycles. The maximum Gasteiger partial charge on any atom is 0.165 e. The molecule has 1 N–H and O–H groups in total. The van der Waals surface area contributed by atoms with Crippen LogP contribution in [0, 0.1) is 12.7 Å². The summed E-state index contributed by atoms with van der Waals surface area (Å²) in [5.41, 5.74) is 1.89. The van der Waals surface area contributed by atoms with Crippen LogP contribution in [0.2, 0.25) is 5.02 Å². The standard InChI is InChI=1S/C14H16ClFN2O2/c1-8-14(15)12(18(3)17-8)7-20-13-5-4-10(9(2)19)6-11(13)16/h4-6,9,19H,7H2,1-3H3/t9-/m0/s1. The molecule has 6 heteroatoms. The molecule has 0 saturated carbocycles. The third-order valence-corrected chi connectivity index (χ3v) is 3.56. The van der Waals surface area contributed by atoms with Gasteiger partial charge in [-0.3, -0.25) is 4.68 Å². The van der Waals surface area contributed by atoms with Crippen LogP contribution in [-0.4, -0.2) is 14.9 Å². The molecule has 2 rings (SSSR count). The molecule has 0 aliphatic carbocycles. The molecule has 108 valence electrons. The Kier molecular flexibility index (Phi) is 4.30. The van der Waals surface area contributed by atoms with Crippen LogP contribution in [0.3, 0.4) is 0 Å². The van der Waals surface area contributed by atoms with E-state index in [1.54, 1.807) is 31.6 Å². The maximum absolute atomic E-state index is 13.8. The highest BCUT2D eigenvalue weighted by Crippen LogP contribution is 2.25. The Morgan fingerprint density at radius 2 is 2.20 bits per heavy atom. The normalized spacial score (nSPS) is 12.5. The lowest BCUT2D eigenvalue weighted by Crippen LogP contribution is -2.05. The Morgan fingerprint density at radius 1 is 1.50 bits per heavy atom. The highest BCUT2D eigenvalue weighted by molar-refractivity contribution is 6.31. The van der Waals surface area contributed by atoms with Gasteiger partial charge in [-0.2, -0.15) is 5.10 Å². The van der Waals surface area contributed by atoms with E-state index in [2.05, 4.69) is 5.10 Å². The van der Waals surface area contributed by atoms with Crippen molar-refractivity contribution in [1.29, 1.82) is 0 Å². The Morgan fingerprint density at radius 3 is 2.70 bits per heavy atom. The van der Waals surface area contributed by atoms with Gasteiger partial charge in [-0.15, -0.1) is 0 Å². The maximum atomic E-state index is 13.8. The number of nitrogens with zero attached hydrogens (tertiary/aromatic N) is 2. The number of aliphatic hydroxyl groups is 1. The molecule has 0 aliphatic heterocycles. The summed E-state index contributed by atoms with van der Waals surface area (Å²) in [4.78, 5) is 0. The van der Waals surface area contributed by atoms with Gasteiger partial charge in [0.2, 0.25) is 0 Å². The Balaban J connectivity index is 2.15. The summed E-state index contributed by atoms with van der Waals surface area (Å²) in [6.45, 7) is 3.50. The molecule has 2 aromatic rings. The average Bonchev–Trinajstić information content (AvgIpc) is 2.62. The number of aromatic nitrogens is 2. The first-order valence-corrected chi connectivity index (χ1v) is 6.56. The fraction of sp³-hybridized carbons (Fsp3) is 0.357. The minimum atomic E-state index is -0.715. The predicted molar refractivity (Wildman–Crippen MR) is 74.3 cm³/mol. The van der Waals surface area contributed by atoms with E-state index in [-0.39, 0.29) is 12.4 Å². The van der Waals surface area contributed by atoms with Crippen molar-refractivity contribution in [2.45, 2.75) is 26.6 Å². The van der Waals surface area contributed by atoms with Crippen molar-refractivity contribution in [2.75, 3.05) is 0 Å². The lowest BCUT2D eigenvalue weighted by atomic mass is 10.1. The first-order chi connectivity index (χ1) is 9.40. The van der Waals surface area contributed by atoms with Crippen molar-refractivity contribution < 1.29 is 14.2 Å². The van der Waals surface area contributed by atoms with E-state index in [0.29, 0.717) is 22.0 Å². The van der Waals surface area contributed by atoms with Crippen molar-refractivity contribution in [3.63, 3.8) is 0 Å². The SMILES string of the molecule is Cc1nn(C)c(COc2ccc([C@H](C)O)cc2F)c1Cl. The molecule has 1 atom stereocenters. The number of hydrogen-bond acceptors (Lipinski definition) is 3. The first-order valence-electron chi connectivity index (χ1n) is 6.18. The van der Waals surface area contributed by atoms with Gasteiger partial charge in [0.25, 0.3) is 0 Å². The van der Waals surface area contributed by atoms with Gasteiger partial charge in [0.05, 0.1) is 22.5 Å². The van der Waals surface area contributed by atoms with Crippen LogP contribution >= 0.6 is 11.6 Å². The monoisotopic (exact) mass is 298 g/mol. The molecule has 0 saturated heterocycles. The molecule has 20 heavy (non-hydrogen) atoms. The van der Waals surface area contributed by atoms with Crippen LogP contribution in [0.25, 0.3) is 0 Å². The van der Waals surface area contributed by atoms with Crippen molar-refractivity contribution >= 4 is 11.6 Å². The molecule has 0 fully saturated rings. The van der Waals surface area contributed by atoms with Crippen LogP contribution < -0.4 is 4.74 Å². The molecule has 0 unspecified atom stereocenters. The minimum Gasteiger partial charge on any atom is -0.484 e. The zero-order chi connectivity index (χ0) is 14.9. The first kappa shape index (κ1) is 14.8. The van der Waals surface area contributed by atoms with E-state index in [1.165, 1.54) is 12.1 Å². The second-order valence-corrected chi connectivity index (χ2v) is 5.00. The second kappa shape index (κ2) is 5.81. The summed E-state index contributed by atoms with van der Waals surface area (Å²) in [6.07, 6.45) is -0.715. The third kappa shape index (κ3) is 2.94. The van der Waals surface area contributed by atoms with Gasteiger partial charge in [-0.1, -0.05) is 17.7 Å². The summed E-state index contributed by atoms with van der Waals surface area (Å²) in [5.74, 6) is -0.400. The van der Waals surface area contributed by atoms with Gasteiger partial charge in [-0.25, -0.2) is 4.39 Å². The van der Waals surface area contributed by atoms with E-state index in [0.717, 1.165) is 0 Å². The minimum absolute atomic E-state index is 0.115. The zero-order valence-electron chi connectivity index (χ0n) is 11.5. The largest absolute Gasteiger partial charge is 0.484 e. The Bertz CT molecular complexity index is 626. The number of hydrogen-bond donors (Lipinski definition) is 1. The number of halogens is 2. The predicted octanol–water partition coefficient (Wildman–Crippen LogP) is 3.15. The molecular weight excluding hydrogens is 283 g/mol. The van der Waals surface area contributed by atoms with Gasteiger partial charge in [0.15, 0.2) is 11.6 Å². The van der Waals surface area contributed by atoms with E-state index in [9.17, 15) is 9.50 Å². The topological polar surface area (TPSA) is 47.3 Å². The Hall–Kier alpha value is -1.59. The highest BCUT2D eigenvalue weighted by Gasteiger charge is 2.13. The summed E-state index contributed by atoms with van der Waals surface area (Å²) in [5, 5.41) is 14.1. The average molecular weight is 299 g/mol. The van der Waals surface area contributed by atoms with E-state index < -0.39 is 11.9 Å². The highest BCUT2D eigenvalue weighted by atomic mass is 35.5. The van der Waals surface area contributed by atoms with E-state index >= 15 is 0 Å². The van der Waals surface area contributed by atoms with Crippen molar-refractivity contribution in [3.05, 3.63) is 46.0 Å². The number of rotatable bonds is 4. The molecule has 0 spiro atoms. The fourth-order valence-corrected chi connectivity index (χ4v) is 2.09. The van der Waals surface area contributed by atoms with Crippen LogP contribution in [0.15, 0.2) is 18.2 Å². The van der Waals surface area contributed by atoms with E-state index in [1.807, 2.05) is 0 Å². The van der Waals surface area contributed by atoms with Gasteiger partial charge in [0.1, 0.15) is 6.61 Å². The van der Waals surface area contributed by atoms with Crippen LogP contribution in [0.4, 0.5) is 4.39 Å². The number of aliphatic hydroxyl groups excluding tert-OH is 1. The summed E-state index contributed by atoms with van der Waals surface area (Å²) >= 11 is 6.10. The van der Waals surface area contributed by atoms with Crippen molar-refractivity contribution in [1.82, 2.24) is 9.78 Å². The molecule has 0 aliphatic rings. The fourth-order valence-electron chi connectivity index (χ4n) is 1.88. The van der Waals surface area contributed by atoms with Crippen molar-refractivity contribution in [2.24, 2.45) is 7.05 Å². The molecule has 1 aromatic carbocycles. The lowest BCUT2D eigenvalue weighted by molar-refractivity contribution is 0.198. The molecular formula is C14H16ClFN2O2. The van der Waals surface area contributed by atoms with Crippen molar-refractivity contribution in [3.8, 4) is 5.75 Å². The summed E-state index contributed by atoms with van der Waals surface area (Å²) in [6, 6.07) is 4.38. The zero-order valence-corrected chi connectivity index (χ0v) is 12.3. The summed E-state index contributed by atoms with van der Waals surface area (Å²) in [7, 11) is 1.75. The van der Waals surface area contributed by atoms with Gasteiger partial charge >= 0.3 is 0 Å². The van der Waals surface area contributed by atoms with Crippen LogP contribution in [0.1, 0.15) is 30.0 Å². The van der Waals surface area contributed by atoms with E-state index in [4.69, 9.17) is 16.3 Å². The number of ether oxygens (including phenoxy) is 1. The third-order valence-electron chi connectivity index (χ3n) is 3.06. The van der Waals surface area contributed by atoms with Gasteiger partial charge < -0.3 is 9.84 Å². The summed E-state index contributed by atoms with van der Waals surface area (Å²) < 4.78 is 20.9. The Labute approximate surface area is 121 Å². The smallest absolute Gasteiger partial charge is 0.165 e. The van der Waals surface area contributed by atoms with Gasteiger partial charge in [0, 0.05) is 7.05 Å². The lowest BCUT2D eigenvalue weighted by Gasteiger charge is -2.10. The number of aryl methyl sites for hydroxylation is 2. The van der Waals surface area contributed by atoms with Crippen LogP contribution in [-0.2, 0) is 13.7 Å². The second-order valence-electron chi connectivity index (χ2n) is 4.62. The van der Waals surface area contributed by atoms with Gasteiger partial charge in [-0.05, 0) is 31.5 Å². The molecule has 1 heterocycles. The number of benzene rings is 1.